The zero-order valence-corrected chi connectivity index (χ0v) is 21.4. The van der Waals surface area contributed by atoms with Crippen molar-refractivity contribution in [2.45, 2.75) is 32.2 Å². The van der Waals surface area contributed by atoms with Crippen LogP contribution in [-0.4, -0.2) is 88.4 Å². The molecule has 1 N–H and O–H groups in total. The van der Waals surface area contributed by atoms with Crippen molar-refractivity contribution in [3.05, 3.63) is 53.1 Å². The normalized spacial score (nSPS) is 21.0. The van der Waals surface area contributed by atoms with Crippen molar-refractivity contribution in [2.75, 3.05) is 76.3 Å². The molecule has 188 valence electrons. The number of methoxy groups -OCH3 is 1. The van der Waals surface area contributed by atoms with Crippen LogP contribution >= 0.6 is 0 Å². The molecule has 2 amide bonds. The zero-order chi connectivity index (χ0) is 24.4. The van der Waals surface area contributed by atoms with Gasteiger partial charge in [0.2, 0.25) is 0 Å². The molecule has 5 rings (SSSR count). The Bertz CT molecular complexity index is 1020. The summed E-state index contributed by atoms with van der Waals surface area (Å²) in [6.45, 7) is 9.76. The van der Waals surface area contributed by atoms with E-state index in [9.17, 15) is 4.79 Å². The summed E-state index contributed by atoms with van der Waals surface area (Å²) in [6.07, 6.45) is 2.98. The molecule has 7 nitrogen and oxygen atoms in total. The molecule has 0 aromatic heterocycles. The van der Waals surface area contributed by atoms with Gasteiger partial charge in [-0.3, -0.25) is 0 Å². The molecule has 1 atom stereocenters. The number of carbonyl (C=O) groups is 1. The van der Waals surface area contributed by atoms with Crippen molar-refractivity contribution in [3.63, 3.8) is 0 Å². The molecule has 2 aromatic carbocycles. The monoisotopic (exact) mass is 477 g/mol. The van der Waals surface area contributed by atoms with E-state index in [4.69, 9.17) is 4.74 Å². The maximum Gasteiger partial charge on any atom is 0.317 e. The van der Waals surface area contributed by atoms with Gasteiger partial charge in [0, 0.05) is 69.8 Å². The molecule has 35 heavy (non-hydrogen) atoms. The second-order valence-electron chi connectivity index (χ2n) is 10.2. The highest BCUT2D eigenvalue weighted by atomic mass is 16.5. The first kappa shape index (κ1) is 23.8. The molecule has 1 aliphatic carbocycles. The fourth-order valence-electron chi connectivity index (χ4n) is 5.73. The predicted molar refractivity (Wildman–Crippen MR) is 142 cm³/mol. The van der Waals surface area contributed by atoms with Crippen LogP contribution in [0.15, 0.2) is 36.4 Å². The number of aryl methyl sites for hydroxylation is 1. The van der Waals surface area contributed by atoms with Crippen LogP contribution in [0.1, 0.15) is 23.1 Å². The number of ether oxygens (including phenoxy) is 1. The van der Waals surface area contributed by atoms with Crippen LogP contribution in [-0.2, 0) is 12.8 Å². The van der Waals surface area contributed by atoms with Crippen LogP contribution in [0, 0.1) is 6.92 Å². The first-order valence-corrected chi connectivity index (χ1v) is 13.0. The van der Waals surface area contributed by atoms with Crippen molar-refractivity contribution in [2.24, 2.45) is 0 Å². The number of nitrogens with one attached hydrogen (secondary N) is 1. The molecule has 0 unspecified atom stereocenters. The minimum Gasteiger partial charge on any atom is -0.497 e. The molecule has 7 heteroatoms. The van der Waals surface area contributed by atoms with E-state index in [2.05, 4.69) is 58.3 Å². The first-order valence-electron chi connectivity index (χ1n) is 13.0. The second-order valence-corrected chi connectivity index (χ2v) is 10.2. The third-order valence-corrected chi connectivity index (χ3v) is 8.01. The van der Waals surface area contributed by atoms with E-state index in [0.29, 0.717) is 0 Å². The smallest absolute Gasteiger partial charge is 0.317 e. The number of nitrogens with zero attached hydrogens (tertiary/aromatic N) is 4. The molecule has 2 heterocycles. The number of hydrogen-bond donors (Lipinski definition) is 1. The highest BCUT2D eigenvalue weighted by Crippen LogP contribution is 2.33. The largest absolute Gasteiger partial charge is 0.497 e. The Hall–Kier alpha value is -2.93. The van der Waals surface area contributed by atoms with Crippen LogP contribution in [0.2, 0.25) is 0 Å². The van der Waals surface area contributed by atoms with E-state index >= 15 is 0 Å². The molecule has 2 aliphatic heterocycles. The van der Waals surface area contributed by atoms with Gasteiger partial charge in [-0.05, 0) is 80.3 Å². The van der Waals surface area contributed by atoms with E-state index in [0.717, 1.165) is 77.4 Å². The third-order valence-electron chi connectivity index (χ3n) is 8.01. The zero-order valence-electron chi connectivity index (χ0n) is 21.4. The SMILES string of the molecule is COc1ccc(N2CCN(C(=O)N[C@H]3CCc4c(C)ccc(N5CCN(C)CC5)c4C3)CC2)cc1. The Balaban J connectivity index is 1.19. The number of anilines is 2. The molecule has 2 aromatic rings. The predicted octanol–water partition coefficient (Wildman–Crippen LogP) is 3.14. The molecular formula is C28H39N5O2. The number of rotatable bonds is 4. The van der Waals surface area contributed by atoms with E-state index < -0.39 is 0 Å². The number of piperazine rings is 2. The third kappa shape index (κ3) is 5.20. The summed E-state index contributed by atoms with van der Waals surface area (Å²) in [5, 5.41) is 3.38. The van der Waals surface area contributed by atoms with Gasteiger partial charge in [0.1, 0.15) is 5.75 Å². The number of amides is 2. The van der Waals surface area contributed by atoms with Crippen molar-refractivity contribution < 1.29 is 9.53 Å². The van der Waals surface area contributed by atoms with Gasteiger partial charge in [-0.25, -0.2) is 4.79 Å². The maximum absolute atomic E-state index is 13.2. The Morgan fingerprint density at radius 3 is 2.26 bits per heavy atom. The highest BCUT2D eigenvalue weighted by molar-refractivity contribution is 5.75. The van der Waals surface area contributed by atoms with Crippen LogP contribution in [0.4, 0.5) is 16.2 Å². The summed E-state index contributed by atoms with van der Waals surface area (Å²) in [6, 6.07) is 13.0. The number of hydrogen-bond acceptors (Lipinski definition) is 5. The van der Waals surface area contributed by atoms with Crippen LogP contribution in [0.3, 0.4) is 0 Å². The Kier molecular flexibility index (Phi) is 7.04. The number of fused-ring (bicyclic) bond motifs is 1. The summed E-state index contributed by atoms with van der Waals surface area (Å²) in [7, 11) is 3.88. The minimum atomic E-state index is 0.0848. The highest BCUT2D eigenvalue weighted by Gasteiger charge is 2.29. The molecule has 2 fully saturated rings. The van der Waals surface area contributed by atoms with Gasteiger partial charge in [-0.2, -0.15) is 0 Å². The lowest BCUT2D eigenvalue weighted by Gasteiger charge is -2.39. The molecule has 2 saturated heterocycles. The van der Waals surface area contributed by atoms with Gasteiger partial charge < -0.3 is 29.7 Å². The molecular weight excluding hydrogens is 438 g/mol. The molecule has 0 radical (unpaired) electrons. The Morgan fingerprint density at radius 2 is 1.57 bits per heavy atom. The maximum atomic E-state index is 13.2. The van der Waals surface area contributed by atoms with E-state index in [1.54, 1.807) is 7.11 Å². The quantitative estimate of drug-likeness (QED) is 0.733. The fourth-order valence-corrected chi connectivity index (χ4v) is 5.73. The van der Waals surface area contributed by atoms with Gasteiger partial charge in [-0.15, -0.1) is 0 Å². The van der Waals surface area contributed by atoms with Gasteiger partial charge in [0.25, 0.3) is 0 Å². The lowest BCUT2D eigenvalue weighted by atomic mass is 9.84. The molecule has 0 spiro atoms. The van der Waals surface area contributed by atoms with Gasteiger partial charge in [0.15, 0.2) is 0 Å². The summed E-state index contributed by atoms with van der Waals surface area (Å²) in [5.74, 6) is 0.867. The summed E-state index contributed by atoms with van der Waals surface area (Å²) < 4.78 is 5.27. The van der Waals surface area contributed by atoms with Gasteiger partial charge in [-0.1, -0.05) is 6.07 Å². The Morgan fingerprint density at radius 1 is 0.886 bits per heavy atom. The Labute approximate surface area is 209 Å². The number of urea groups is 1. The minimum absolute atomic E-state index is 0.0848. The molecule has 0 saturated carbocycles. The summed E-state index contributed by atoms with van der Waals surface area (Å²) >= 11 is 0. The molecule has 0 bridgehead atoms. The van der Waals surface area contributed by atoms with Crippen LogP contribution in [0.25, 0.3) is 0 Å². The van der Waals surface area contributed by atoms with E-state index in [1.165, 1.54) is 28.1 Å². The van der Waals surface area contributed by atoms with E-state index in [-0.39, 0.29) is 12.1 Å². The first-order chi connectivity index (χ1) is 17.0. The van der Waals surface area contributed by atoms with Gasteiger partial charge >= 0.3 is 6.03 Å². The van der Waals surface area contributed by atoms with E-state index in [1.807, 2.05) is 17.0 Å². The fraction of sp³-hybridized carbons (Fsp3) is 0.536. The lowest BCUT2D eigenvalue weighted by Crippen LogP contribution is -2.54. The van der Waals surface area contributed by atoms with Gasteiger partial charge in [0.05, 0.1) is 7.11 Å². The average molecular weight is 478 g/mol. The van der Waals surface area contributed by atoms with Crippen molar-refractivity contribution >= 4 is 17.4 Å². The van der Waals surface area contributed by atoms with Crippen LogP contribution in [0.5, 0.6) is 5.75 Å². The number of benzene rings is 2. The number of carbonyl (C=O) groups excluding carboxylic acids is 1. The lowest BCUT2D eigenvalue weighted by molar-refractivity contribution is 0.189. The topological polar surface area (TPSA) is 51.3 Å². The number of likely N-dealkylation sites (N-methyl/N-ethyl adjacent to an activating group) is 1. The average Bonchev–Trinajstić information content (AvgIpc) is 2.90. The van der Waals surface area contributed by atoms with Crippen molar-refractivity contribution in [3.8, 4) is 5.75 Å². The second kappa shape index (κ2) is 10.4. The standard InChI is InChI=1S/C28H39N5O2/c1-21-4-11-27(32-14-12-30(2)13-15-32)26-20-22(5-10-25(21)26)29-28(34)33-18-16-31(17-19-33)23-6-8-24(35-3)9-7-23/h4,6-9,11,22H,5,10,12-20H2,1-3H3,(H,29,34)/t22-/m0/s1. The molecule has 3 aliphatic rings. The summed E-state index contributed by atoms with van der Waals surface area (Å²) in [4.78, 5) is 22.4. The van der Waals surface area contributed by atoms with Crippen LogP contribution < -0.4 is 19.9 Å². The van der Waals surface area contributed by atoms with Crippen molar-refractivity contribution in [1.29, 1.82) is 0 Å². The summed E-state index contributed by atoms with van der Waals surface area (Å²) in [5.41, 5.74) is 6.90. The van der Waals surface area contributed by atoms with Crippen molar-refractivity contribution in [1.82, 2.24) is 15.1 Å².